The van der Waals surface area contributed by atoms with E-state index < -0.39 is 22.5 Å². The summed E-state index contributed by atoms with van der Waals surface area (Å²) in [5.41, 5.74) is 4.51. The van der Waals surface area contributed by atoms with Crippen LogP contribution >= 0.6 is 10.6 Å². The van der Waals surface area contributed by atoms with Gasteiger partial charge in [0.2, 0.25) is 0 Å². The van der Waals surface area contributed by atoms with E-state index in [1.54, 1.807) is 4.68 Å². The number of anilines is 1. The highest BCUT2D eigenvalue weighted by atomic mass is 32.3. The molecule has 0 radical (unpaired) electrons. The predicted molar refractivity (Wildman–Crippen MR) is 136 cm³/mol. The molecule has 1 aromatic carbocycles. The van der Waals surface area contributed by atoms with Gasteiger partial charge in [-0.2, -0.15) is 20.8 Å². The lowest BCUT2D eigenvalue weighted by molar-refractivity contribution is -0.143. The standard InChI is InChI=1S/C25H31N5O4S/c1-17-6-11-23(27-26-17)30-16-22(24(28-30)20-4-2-3-5-21(20)25(31)32)18-7-9-19(10-8-18)29-12-14-35(33,34)15-13-29/h6-11,16,20-21,33-34H,2-5,12-15H2,1H3,(H,31,32). The highest BCUT2D eigenvalue weighted by molar-refractivity contribution is 8.24. The molecule has 2 aromatic heterocycles. The Hall–Kier alpha value is -2.95. The van der Waals surface area contributed by atoms with E-state index in [9.17, 15) is 19.0 Å². The van der Waals surface area contributed by atoms with Gasteiger partial charge in [-0.05, 0) is 49.6 Å². The van der Waals surface area contributed by atoms with Crippen molar-refractivity contribution in [3.63, 3.8) is 0 Å². The van der Waals surface area contributed by atoms with Crippen molar-refractivity contribution in [2.24, 2.45) is 5.92 Å². The molecule has 3 aromatic rings. The Kier molecular flexibility index (Phi) is 6.52. The van der Waals surface area contributed by atoms with E-state index in [2.05, 4.69) is 15.1 Å². The number of aryl methyl sites for hydroxylation is 1. The number of carbonyl (C=O) groups is 1. The fourth-order valence-electron chi connectivity index (χ4n) is 5.11. The highest BCUT2D eigenvalue weighted by Gasteiger charge is 2.35. The molecule has 2 unspecified atom stereocenters. The van der Waals surface area contributed by atoms with E-state index in [0.717, 1.165) is 47.5 Å². The van der Waals surface area contributed by atoms with Crippen LogP contribution in [0.25, 0.3) is 16.9 Å². The van der Waals surface area contributed by atoms with Crippen LogP contribution in [0.4, 0.5) is 5.69 Å². The van der Waals surface area contributed by atoms with Crippen molar-refractivity contribution in [1.29, 1.82) is 0 Å². The smallest absolute Gasteiger partial charge is 0.307 e. The zero-order chi connectivity index (χ0) is 24.6. The fourth-order valence-corrected chi connectivity index (χ4v) is 6.34. The first-order chi connectivity index (χ1) is 16.8. The van der Waals surface area contributed by atoms with Crippen molar-refractivity contribution < 1.29 is 19.0 Å². The number of nitrogens with zero attached hydrogens (tertiary/aromatic N) is 5. The van der Waals surface area contributed by atoms with Gasteiger partial charge in [0.1, 0.15) is 0 Å². The maximum Gasteiger partial charge on any atom is 0.307 e. The van der Waals surface area contributed by atoms with Gasteiger partial charge in [-0.3, -0.25) is 13.9 Å². The summed E-state index contributed by atoms with van der Waals surface area (Å²) in [6, 6.07) is 11.9. The van der Waals surface area contributed by atoms with Gasteiger partial charge >= 0.3 is 5.97 Å². The second kappa shape index (κ2) is 9.60. The third-order valence-corrected chi connectivity index (χ3v) is 8.79. The first-order valence-corrected chi connectivity index (χ1v) is 13.9. The van der Waals surface area contributed by atoms with Gasteiger partial charge in [-0.1, -0.05) is 25.0 Å². The summed E-state index contributed by atoms with van der Waals surface area (Å²) in [7, 11) is -2.44. The predicted octanol–water partition coefficient (Wildman–Crippen LogP) is 4.57. The second-order valence-electron chi connectivity index (χ2n) is 9.49. The molecule has 2 atom stereocenters. The topological polar surface area (TPSA) is 125 Å². The highest BCUT2D eigenvalue weighted by Crippen LogP contribution is 2.43. The fraction of sp³-hybridized carbons (Fsp3) is 0.440. The molecule has 0 bridgehead atoms. The SMILES string of the molecule is Cc1ccc(-n2cc(-c3ccc(N4CCS(O)(O)CC4)cc3)c(C3CCCCC3C(=O)O)n2)nn1. The van der Waals surface area contributed by atoms with Gasteiger partial charge in [-0.25, -0.2) is 4.68 Å². The van der Waals surface area contributed by atoms with E-state index in [1.165, 1.54) is 0 Å². The molecule has 3 heterocycles. The number of rotatable bonds is 5. The summed E-state index contributed by atoms with van der Waals surface area (Å²) in [5, 5.41) is 23.2. The Morgan fingerprint density at radius 3 is 2.37 bits per heavy atom. The van der Waals surface area contributed by atoms with Crippen molar-refractivity contribution >= 4 is 22.2 Å². The Balaban J connectivity index is 1.50. The Bertz CT molecular complexity index is 1190. The molecule has 186 valence electrons. The van der Waals surface area contributed by atoms with E-state index >= 15 is 0 Å². The molecule has 2 aliphatic rings. The van der Waals surface area contributed by atoms with Crippen molar-refractivity contribution in [2.45, 2.75) is 38.5 Å². The summed E-state index contributed by atoms with van der Waals surface area (Å²) >= 11 is 0. The number of hydrogen-bond donors (Lipinski definition) is 3. The molecule has 5 rings (SSSR count). The Labute approximate surface area is 206 Å². The first-order valence-electron chi connectivity index (χ1n) is 12.0. The van der Waals surface area contributed by atoms with Gasteiger partial charge < -0.3 is 10.0 Å². The molecule has 0 amide bonds. The third kappa shape index (κ3) is 5.05. The number of carboxylic acids is 1. The molecule has 1 saturated heterocycles. The van der Waals surface area contributed by atoms with Crippen LogP contribution in [0.5, 0.6) is 0 Å². The Morgan fingerprint density at radius 2 is 1.71 bits per heavy atom. The number of benzene rings is 1. The summed E-state index contributed by atoms with van der Waals surface area (Å²) in [4.78, 5) is 14.2. The van der Waals surface area contributed by atoms with E-state index in [0.29, 0.717) is 36.8 Å². The second-order valence-corrected chi connectivity index (χ2v) is 11.9. The minimum absolute atomic E-state index is 0.164. The van der Waals surface area contributed by atoms with Crippen molar-refractivity contribution in [1.82, 2.24) is 20.0 Å². The molecule has 9 nitrogen and oxygen atoms in total. The molecular weight excluding hydrogens is 466 g/mol. The van der Waals surface area contributed by atoms with Crippen LogP contribution in [-0.4, -0.2) is 64.8 Å². The average molecular weight is 498 g/mol. The summed E-state index contributed by atoms with van der Waals surface area (Å²) < 4.78 is 21.5. The van der Waals surface area contributed by atoms with Crippen LogP contribution in [0.2, 0.25) is 0 Å². The molecule has 1 aliphatic heterocycles. The van der Waals surface area contributed by atoms with E-state index in [-0.39, 0.29) is 5.92 Å². The zero-order valence-corrected chi connectivity index (χ0v) is 20.6. The lowest BCUT2D eigenvalue weighted by atomic mass is 9.76. The molecule has 1 saturated carbocycles. The van der Waals surface area contributed by atoms with Crippen LogP contribution in [0.15, 0.2) is 42.6 Å². The van der Waals surface area contributed by atoms with Crippen LogP contribution in [-0.2, 0) is 4.79 Å². The Morgan fingerprint density at radius 1 is 1.00 bits per heavy atom. The van der Waals surface area contributed by atoms with Crippen LogP contribution < -0.4 is 4.90 Å². The number of aliphatic carboxylic acids is 1. The minimum atomic E-state index is -2.44. The summed E-state index contributed by atoms with van der Waals surface area (Å²) in [5.74, 6) is -0.0140. The maximum absolute atomic E-state index is 12.1. The van der Waals surface area contributed by atoms with Crippen LogP contribution in [0.1, 0.15) is 43.0 Å². The van der Waals surface area contributed by atoms with Crippen LogP contribution in [0, 0.1) is 12.8 Å². The van der Waals surface area contributed by atoms with Gasteiger partial charge in [0.25, 0.3) is 0 Å². The molecular formula is C25H31N5O4S. The number of hydrogen-bond acceptors (Lipinski definition) is 7. The molecule has 10 heteroatoms. The zero-order valence-electron chi connectivity index (χ0n) is 19.7. The minimum Gasteiger partial charge on any atom is -0.481 e. The van der Waals surface area contributed by atoms with Gasteiger partial charge in [-0.15, -0.1) is 5.10 Å². The summed E-state index contributed by atoms with van der Waals surface area (Å²) in [6.45, 7) is 3.10. The molecule has 2 fully saturated rings. The number of aromatic nitrogens is 4. The molecule has 35 heavy (non-hydrogen) atoms. The largest absolute Gasteiger partial charge is 0.481 e. The van der Waals surface area contributed by atoms with Crippen molar-refractivity contribution in [3.05, 3.63) is 54.0 Å². The van der Waals surface area contributed by atoms with Gasteiger partial charge in [0, 0.05) is 36.5 Å². The molecule has 1 aliphatic carbocycles. The van der Waals surface area contributed by atoms with Crippen molar-refractivity contribution in [3.8, 4) is 16.9 Å². The first kappa shape index (κ1) is 23.8. The molecule has 3 N–H and O–H groups in total. The van der Waals surface area contributed by atoms with Crippen molar-refractivity contribution in [2.75, 3.05) is 29.5 Å². The molecule has 0 spiro atoms. The quantitative estimate of drug-likeness (QED) is 0.468. The van der Waals surface area contributed by atoms with Crippen LogP contribution in [0.3, 0.4) is 0 Å². The van der Waals surface area contributed by atoms with E-state index in [4.69, 9.17) is 5.10 Å². The lowest BCUT2D eigenvalue weighted by Crippen LogP contribution is -2.38. The van der Waals surface area contributed by atoms with Gasteiger partial charge in [0.05, 0.1) is 28.8 Å². The third-order valence-electron chi connectivity index (χ3n) is 7.12. The monoisotopic (exact) mass is 497 g/mol. The lowest BCUT2D eigenvalue weighted by Gasteiger charge is -2.41. The maximum atomic E-state index is 12.1. The van der Waals surface area contributed by atoms with Gasteiger partial charge in [0.15, 0.2) is 5.82 Å². The average Bonchev–Trinajstić information content (AvgIpc) is 3.30. The normalized spacial score (nSPS) is 23.1. The van der Waals surface area contributed by atoms with E-state index in [1.807, 2.05) is 49.5 Å². The number of carboxylic acid groups (broad SMARTS) is 1. The summed E-state index contributed by atoms with van der Waals surface area (Å²) in [6.07, 6.45) is 5.27.